The van der Waals surface area contributed by atoms with Crippen LogP contribution in [0.3, 0.4) is 0 Å². The van der Waals surface area contributed by atoms with E-state index in [9.17, 15) is 9.18 Å². The van der Waals surface area contributed by atoms with Gasteiger partial charge in [-0.15, -0.1) is 0 Å². The molecule has 138 valence electrons. The Labute approximate surface area is 152 Å². The van der Waals surface area contributed by atoms with Gasteiger partial charge in [-0.2, -0.15) is 0 Å². The molecule has 26 heavy (non-hydrogen) atoms. The fourth-order valence-electron chi connectivity index (χ4n) is 3.18. The highest BCUT2D eigenvalue weighted by Gasteiger charge is 2.33. The number of carbonyl (C=O) groups is 1. The Kier molecular flexibility index (Phi) is 5.42. The summed E-state index contributed by atoms with van der Waals surface area (Å²) in [5.41, 5.74) is 1.34. The largest absolute Gasteiger partial charge is 0.497 e. The average Bonchev–Trinajstić information content (AvgIpc) is 2.66. The second-order valence-corrected chi connectivity index (χ2v) is 6.30. The van der Waals surface area contributed by atoms with Crippen LogP contribution in [0.4, 0.5) is 10.1 Å². The van der Waals surface area contributed by atoms with Gasteiger partial charge in [0.05, 0.1) is 25.9 Å². The summed E-state index contributed by atoms with van der Waals surface area (Å²) in [6, 6.07) is 11.7. The average molecular weight is 358 g/mol. The smallest absolute Gasteiger partial charge is 0.244 e. The molecule has 6 heteroatoms. The maximum Gasteiger partial charge on any atom is 0.244 e. The normalized spacial score (nSPS) is 18.1. The van der Waals surface area contributed by atoms with Crippen molar-refractivity contribution in [3.05, 3.63) is 53.8 Å². The minimum atomic E-state index is -0.347. The summed E-state index contributed by atoms with van der Waals surface area (Å²) < 4.78 is 24.5. The molecule has 0 N–H and O–H groups in total. The molecule has 1 atom stereocenters. The lowest BCUT2D eigenvalue weighted by molar-refractivity contribution is -0.125. The molecule has 2 aromatic carbocycles. The summed E-state index contributed by atoms with van der Waals surface area (Å²) in [5, 5.41) is 0. The summed E-state index contributed by atoms with van der Waals surface area (Å²) >= 11 is 0. The van der Waals surface area contributed by atoms with Crippen molar-refractivity contribution in [3.63, 3.8) is 0 Å². The Morgan fingerprint density at radius 1 is 1.08 bits per heavy atom. The lowest BCUT2D eigenvalue weighted by Gasteiger charge is -2.39. The van der Waals surface area contributed by atoms with E-state index in [2.05, 4.69) is 0 Å². The van der Waals surface area contributed by atoms with Gasteiger partial charge in [0.1, 0.15) is 17.3 Å². The molecular formula is C20H23FN2O3. The molecule has 0 saturated carbocycles. The molecule has 0 aliphatic carbocycles. The number of methoxy groups -OCH3 is 2. The highest BCUT2D eigenvalue weighted by Crippen LogP contribution is 2.30. The Balaban J connectivity index is 1.79. The van der Waals surface area contributed by atoms with Crippen molar-refractivity contribution in [2.75, 3.05) is 32.2 Å². The van der Waals surface area contributed by atoms with E-state index in [1.54, 1.807) is 37.3 Å². The second-order valence-electron chi connectivity index (χ2n) is 6.30. The fourth-order valence-corrected chi connectivity index (χ4v) is 3.18. The molecule has 0 unspecified atom stereocenters. The quantitative estimate of drug-likeness (QED) is 0.824. The van der Waals surface area contributed by atoms with Crippen LogP contribution < -0.4 is 14.4 Å². The Hall–Kier alpha value is -2.60. The van der Waals surface area contributed by atoms with E-state index in [0.717, 1.165) is 5.69 Å². The number of hydrogen-bond acceptors (Lipinski definition) is 4. The Morgan fingerprint density at radius 2 is 1.73 bits per heavy atom. The number of hydrogen-bond donors (Lipinski definition) is 0. The van der Waals surface area contributed by atoms with Gasteiger partial charge in [-0.05, 0) is 13.0 Å². The third-order valence-electron chi connectivity index (χ3n) is 4.76. The maximum absolute atomic E-state index is 13.9. The van der Waals surface area contributed by atoms with E-state index >= 15 is 0 Å². The first-order chi connectivity index (χ1) is 12.5. The molecule has 0 bridgehead atoms. The predicted molar refractivity (Wildman–Crippen MR) is 98.2 cm³/mol. The van der Waals surface area contributed by atoms with Crippen LogP contribution in [-0.2, 0) is 11.3 Å². The van der Waals surface area contributed by atoms with Crippen LogP contribution in [0.1, 0.15) is 12.5 Å². The monoisotopic (exact) mass is 358 g/mol. The van der Waals surface area contributed by atoms with Gasteiger partial charge in [-0.1, -0.05) is 18.2 Å². The summed E-state index contributed by atoms with van der Waals surface area (Å²) in [6.07, 6.45) is 0. The number of piperazine rings is 1. The maximum atomic E-state index is 13.9. The van der Waals surface area contributed by atoms with Gasteiger partial charge in [0.2, 0.25) is 5.91 Å². The molecule has 0 radical (unpaired) electrons. The van der Waals surface area contributed by atoms with Crippen LogP contribution in [0.5, 0.6) is 11.5 Å². The van der Waals surface area contributed by atoms with Crippen molar-refractivity contribution in [1.29, 1.82) is 0 Å². The molecule has 1 amide bonds. The van der Waals surface area contributed by atoms with Crippen molar-refractivity contribution in [2.24, 2.45) is 0 Å². The van der Waals surface area contributed by atoms with Gasteiger partial charge in [-0.3, -0.25) is 9.69 Å². The molecule has 5 nitrogen and oxygen atoms in total. The fraction of sp³-hybridized carbons (Fsp3) is 0.350. The molecule has 1 aliphatic rings. The first-order valence-corrected chi connectivity index (χ1v) is 8.55. The van der Waals surface area contributed by atoms with Crippen molar-refractivity contribution < 1.29 is 18.7 Å². The number of carbonyl (C=O) groups excluding carboxylic acids is 1. The first kappa shape index (κ1) is 18.2. The minimum Gasteiger partial charge on any atom is -0.497 e. The highest BCUT2D eigenvalue weighted by molar-refractivity contribution is 5.98. The number of halogens is 1. The molecule has 1 saturated heterocycles. The molecule has 1 aliphatic heterocycles. The molecule has 0 aromatic heterocycles. The predicted octanol–water partition coefficient (Wildman–Crippen LogP) is 3.08. The molecule has 1 fully saturated rings. The summed E-state index contributed by atoms with van der Waals surface area (Å²) in [5.74, 6) is 0.997. The summed E-state index contributed by atoms with van der Waals surface area (Å²) in [7, 11) is 3.16. The number of rotatable bonds is 5. The van der Waals surface area contributed by atoms with E-state index in [0.29, 0.717) is 36.7 Å². The second kappa shape index (κ2) is 7.74. The third kappa shape index (κ3) is 3.65. The van der Waals surface area contributed by atoms with Crippen LogP contribution in [0, 0.1) is 5.82 Å². The van der Waals surface area contributed by atoms with Gasteiger partial charge in [-0.25, -0.2) is 4.39 Å². The van der Waals surface area contributed by atoms with E-state index in [4.69, 9.17) is 9.47 Å². The number of benzene rings is 2. The molecular weight excluding hydrogens is 335 g/mol. The van der Waals surface area contributed by atoms with Gasteiger partial charge in [0, 0.05) is 43.4 Å². The highest BCUT2D eigenvalue weighted by atomic mass is 19.1. The van der Waals surface area contributed by atoms with Gasteiger partial charge >= 0.3 is 0 Å². The molecule has 3 rings (SSSR count). The molecule has 1 heterocycles. The van der Waals surface area contributed by atoms with Crippen molar-refractivity contribution >= 4 is 11.6 Å². The minimum absolute atomic E-state index is 0.0251. The van der Waals surface area contributed by atoms with Crippen LogP contribution in [0.2, 0.25) is 0 Å². The van der Waals surface area contributed by atoms with Crippen molar-refractivity contribution in [1.82, 2.24) is 4.90 Å². The zero-order chi connectivity index (χ0) is 18.7. The van der Waals surface area contributed by atoms with Gasteiger partial charge in [0.15, 0.2) is 0 Å². The number of amides is 1. The van der Waals surface area contributed by atoms with E-state index in [-0.39, 0.29) is 17.8 Å². The number of ether oxygens (including phenoxy) is 2. The van der Waals surface area contributed by atoms with E-state index in [1.807, 2.05) is 30.0 Å². The van der Waals surface area contributed by atoms with Crippen LogP contribution in [0.25, 0.3) is 0 Å². The molecule has 2 aromatic rings. The summed E-state index contributed by atoms with van der Waals surface area (Å²) in [4.78, 5) is 16.6. The van der Waals surface area contributed by atoms with E-state index < -0.39 is 0 Å². The third-order valence-corrected chi connectivity index (χ3v) is 4.76. The van der Waals surface area contributed by atoms with Crippen LogP contribution in [-0.4, -0.2) is 44.2 Å². The number of anilines is 1. The summed E-state index contributed by atoms with van der Waals surface area (Å²) in [6.45, 7) is 3.44. The Morgan fingerprint density at radius 3 is 2.35 bits per heavy atom. The van der Waals surface area contributed by atoms with Crippen molar-refractivity contribution in [3.8, 4) is 11.5 Å². The standard InChI is InChI=1S/C20H23FN2O3/c1-14-20(24)23(16-10-17(25-2)12-18(11-16)26-3)9-8-22(14)13-15-6-4-5-7-19(15)21/h4-7,10-12,14H,8-9,13H2,1-3H3/t14-/m1/s1. The lowest BCUT2D eigenvalue weighted by Crippen LogP contribution is -2.55. The van der Waals surface area contributed by atoms with Gasteiger partial charge < -0.3 is 14.4 Å². The lowest BCUT2D eigenvalue weighted by atomic mass is 10.1. The molecule has 0 spiro atoms. The van der Waals surface area contributed by atoms with Gasteiger partial charge in [0.25, 0.3) is 0 Å². The van der Waals surface area contributed by atoms with E-state index in [1.165, 1.54) is 6.07 Å². The SMILES string of the molecule is COc1cc(OC)cc(N2CCN(Cc3ccccc3F)[C@H](C)C2=O)c1. The zero-order valence-electron chi connectivity index (χ0n) is 15.2. The zero-order valence-corrected chi connectivity index (χ0v) is 15.2. The van der Waals surface area contributed by atoms with Crippen LogP contribution in [0.15, 0.2) is 42.5 Å². The number of nitrogens with zero attached hydrogens (tertiary/aromatic N) is 2. The Bertz CT molecular complexity index is 774. The van der Waals surface area contributed by atoms with Crippen molar-refractivity contribution in [2.45, 2.75) is 19.5 Å². The first-order valence-electron chi connectivity index (χ1n) is 8.55. The topological polar surface area (TPSA) is 42.0 Å². The van der Waals surface area contributed by atoms with Crippen LogP contribution >= 0.6 is 0 Å².